The van der Waals surface area contributed by atoms with Crippen molar-refractivity contribution in [2.45, 2.75) is 27.2 Å². The molecule has 0 spiro atoms. The van der Waals surface area contributed by atoms with Gasteiger partial charge in [0.2, 0.25) is 5.95 Å². The molecule has 162 valence electrons. The van der Waals surface area contributed by atoms with Crippen molar-refractivity contribution in [2.24, 2.45) is 10.7 Å². The molecule has 1 aromatic heterocycles. The van der Waals surface area contributed by atoms with Crippen molar-refractivity contribution >= 4 is 38.4 Å². The molecule has 0 atom stereocenters. The third kappa shape index (κ3) is 5.70. The fourth-order valence-corrected chi connectivity index (χ4v) is 5.01. The maximum absolute atomic E-state index is 12.6. The highest BCUT2D eigenvalue weighted by molar-refractivity contribution is 7.96. The van der Waals surface area contributed by atoms with E-state index in [0.29, 0.717) is 24.5 Å². The van der Waals surface area contributed by atoms with Crippen molar-refractivity contribution in [3.63, 3.8) is 0 Å². The van der Waals surface area contributed by atoms with Crippen LogP contribution < -0.4 is 16.8 Å². The van der Waals surface area contributed by atoms with E-state index in [0.717, 1.165) is 16.7 Å². The molecule has 0 aliphatic heterocycles. The van der Waals surface area contributed by atoms with Crippen molar-refractivity contribution in [2.75, 3.05) is 30.4 Å². The second-order valence-electron chi connectivity index (χ2n) is 6.87. The number of nitrogens with two attached hydrogens (primary N) is 2. The van der Waals surface area contributed by atoms with Gasteiger partial charge in [0, 0.05) is 30.9 Å². The summed E-state index contributed by atoms with van der Waals surface area (Å²) >= 11 is 5.92. The summed E-state index contributed by atoms with van der Waals surface area (Å²) in [6.07, 6.45) is 0.315. The molecule has 0 aliphatic rings. The number of anilines is 2. The first-order chi connectivity index (χ1) is 14.1. The van der Waals surface area contributed by atoms with Gasteiger partial charge in [0.05, 0.1) is 11.4 Å². The van der Waals surface area contributed by atoms with Crippen LogP contribution in [0.15, 0.2) is 39.9 Å². The fraction of sp³-hybridized carbons (Fsp3) is 0.350. The number of allylic oxidation sites excluding steroid dienone is 2. The number of nitrogen functional groups attached to an aromatic ring is 1. The number of hydrogen-bond donors (Lipinski definition) is 3. The number of aryl methyl sites for hydroxylation is 1. The van der Waals surface area contributed by atoms with Gasteiger partial charge in [-0.3, -0.25) is 4.99 Å². The Morgan fingerprint density at radius 3 is 2.60 bits per heavy atom. The molecule has 30 heavy (non-hydrogen) atoms. The lowest BCUT2D eigenvalue weighted by Gasteiger charge is -2.12. The number of rotatable bonds is 8. The molecule has 2 aromatic rings. The molecule has 0 amide bonds. The van der Waals surface area contributed by atoms with Gasteiger partial charge in [-0.05, 0) is 38.3 Å². The Bertz CT molecular complexity index is 1090. The van der Waals surface area contributed by atoms with E-state index in [4.69, 9.17) is 23.1 Å². The third-order valence-corrected chi connectivity index (χ3v) is 7.01. The van der Waals surface area contributed by atoms with E-state index in [1.807, 2.05) is 32.0 Å². The van der Waals surface area contributed by atoms with Crippen LogP contribution in [0.25, 0.3) is 11.3 Å². The SMILES string of the molecule is CN=C(Cl)C(=C(C)N)S(=O)(=O)CCCNc1cc(-c2cccc(C)c2C)nc(N)n1. The van der Waals surface area contributed by atoms with E-state index >= 15 is 0 Å². The van der Waals surface area contributed by atoms with E-state index < -0.39 is 9.84 Å². The van der Waals surface area contributed by atoms with Crippen LogP contribution in [-0.4, -0.2) is 42.9 Å². The van der Waals surface area contributed by atoms with E-state index in [9.17, 15) is 8.42 Å². The summed E-state index contributed by atoms with van der Waals surface area (Å²) < 4.78 is 25.1. The summed E-state index contributed by atoms with van der Waals surface area (Å²) in [4.78, 5) is 12.1. The number of nitrogens with one attached hydrogen (secondary N) is 1. The number of sulfone groups is 1. The minimum absolute atomic E-state index is 0.111. The van der Waals surface area contributed by atoms with Crippen LogP contribution in [0.1, 0.15) is 24.5 Å². The number of hydrogen-bond acceptors (Lipinski definition) is 8. The monoisotopic (exact) mass is 450 g/mol. The van der Waals surface area contributed by atoms with Crippen molar-refractivity contribution < 1.29 is 8.42 Å². The van der Waals surface area contributed by atoms with Crippen LogP contribution in [0, 0.1) is 13.8 Å². The van der Waals surface area contributed by atoms with Gasteiger partial charge in [0.15, 0.2) is 9.84 Å². The predicted octanol–water partition coefficient (Wildman–Crippen LogP) is 3.02. The Hall–Kier alpha value is -2.65. The molecule has 0 bridgehead atoms. The third-order valence-electron chi connectivity index (χ3n) is 4.57. The molecule has 0 saturated carbocycles. The van der Waals surface area contributed by atoms with Gasteiger partial charge < -0.3 is 16.8 Å². The first kappa shape index (κ1) is 23.6. The average molecular weight is 451 g/mol. The van der Waals surface area contributed by atoms with E-state index in [-0.39, 0.29) is 27.5 Å². The van der Waals surface area contributed by atoms with Crippen LogP contribution in [0.5, 0.6) is 0 Å². The molecule has 0 unspecified atom stereocenters. The van der Waals surface area contributed by atoms with E-state index in [1.165, 1.54) is 14.0 Å². The lowest BCUT2D eigenvalue weighted by molar-refractivity contribution is 0.601. The highest BCUT2D eigenvalue weighted by Gasteiger charge is 2.23. The Balaban J connectivity index is 2.11. The molecular weight excluding hydrogens is 424 g/mol. The molecule has 8 nitrogen and oxygen atoms in total. The summed E-state index contributed by atoms with van der Waals surface area (Å²) in [6, 6.07) is 7.76. The van der Waals surface area contributed by atoms with Gasteiger partial charge >= 0.3 is 0 Å². The molecular formula is C20H27ClN6O2S. The number of aliphatic imine (C=N–C) groups is 1. The molecule has 1 aromatic carbocycles. The van der Waals surface area contributed by atoms with E-state index in [1.54, 1.807) is 6.07 Å². The molecule has 0 saturated heterocycles. The van der Waals surface area contributed by atoms with Gasteiger partial charge in [-0.1, -0.05) is 29.8 Å². The average Bonchev–Trinajstić information content (AvgIpc) is 2.66. The molecule has 5 N–H and O–H groups in total. The normalized spacial score (nSPS) is 13.2. The molecule has 0 aliphatic carbocycles. The van der Waals surface area contributed by atoms with Crippen molar-refractivity contribution in [3.05, 3.63) is 46.0 Å². The van der Waals surface area contributed by atoms with Crippen LogP contribution in [0.4, 0.5) is 11.8 Å². The minimum atomic E-state index is -3.66. The van der Waals surface area contributed by atoms with Crippen molar-refractivity contribution in [3.8, 4) is 11.3 Å². The Morgan fingerprint density at radius 2 is 1.97 bits per heavy atom. The van der Waals surface area contributed by atoms with Crippen LogP contribution in [-0.2, 0) is 9.84 Å². The lowest BCUT2D eigenvalue weighted by Crippen LogP contribution is -2.20. The first-order valence-electron chi connectivity index (χ1n) is 9.33. The Labute approximate surface area is 182 Å². The van der Waals surface area contributed by atoms with Gasteiger partial charge in [-0.2, -0.15) is 4.98 Å². The largest absolute Gasteiger partial charge is 0.401 e. The van der Waals surface area contributed by atoms with Crippen molar-refractivity contribution in [1.29, 1.82) is 0 Å². The highest BCUT2D eigenvalue weighted by atomic mass is 35.5. The highest BCUT2D eigenvalue weighted by Crippen LogP contribution is 2.26. The zero-order valence-electron chi connectivity index (χ0n) is 17.5. The smallest absolute Gasteiger partial charge is 0.222 e. The van der Waals surface area contributed by atoms with Crippen LogP contribution >= 0.6 is 11.6 Å². The molecule has 2 rings (SSSR count). The first-order valence-corrected chi connectivity index (χ1v) is 11.4. The van der Waals surface area contributed by atoms with Crippen LogP contribution in [0.3, 0.4) is 0 Å². The Morgan fingerprint density at radius 1 is 1.27 bits per heavy atom. The van der Waals surface area contributed by atoms with Gasteiger partial charge in [-0.25, -0.2) is 13.4 Å². The predicted molar refractivity (Wildman–Crippen MR) is 124 cm³/mol. The topological polar surface area (TPSA) is 136 Å². The lowest BCUT2D eigenvalue weighted by atomic mass is 10.0. The maximum atomic E-state index is 12.6. The number of nitrogens with zero attached hydrogens (tertiary/aromatic N) is 3. The maximum Gasteiger partial charge on any atom is 0.222 e. The number of halogens is 1. The fourth-order valence-electron chi connectivity index (χ4n) is 2.94. The number of aromatic nitrogens is 2. The Kier molecular flexibility index (Phi) is 7.80. The van der Waals surface area contributed by atoms with Gasteiger partial charge in [0.1, 0.15) is 15.9 Å². The number of benzene rings is 1. The second kappa shape index (κ2) is 9.90. The van der Waals surface area contributed by atoms with Gasteiger partial charge in [-0.15, -0.1) is 0 Å². The standard InChI is InChI=1S/C20H27ClN6O2S/c1-12-7-5-8-15(13(12)2)16-11-17(27-20(23)26-16)25-9-6-10-30(28,29)18(14(3)22)19(21)24-4/h5,7-8,11H,6,9-10,22H2,1-4H3,(H3,23,25,26,27). The van der Waals surface area contributed by atoms with E-state index in [2.05, 4.69) is 20.3 Å². The summed E-state index contributed by atoms with van der Waals surface area (Å²) in [5.41, 5.74) is 15.6. The quantitative estimate of drug-likeness (QED) is 0.415. The molecule has 1 heterocycles. The zero-order chi connectivity index (χ0) is 22.5. The molecule has 0 radical (unpaired) electrons. The summed E-state index contributed by atoms with van der Waals surface area (Å²) in [5, 5.41) is 2.99. The van der Waals surface area contributed by atoms with Crippen molar-refractivity contribution in [1.82, 2.24) is 9.97 Å². The second-order valence-corrected chi connectivity index (χ2v) is 9.27. The molecule has 0 fully saturated rings. The zero-order valence-corrected chi connectivity index (χ0v) is 19.1. The summed E-state index contributed by atoms with van der Waals surface area (Å²) in [5.74, 6) is 0.521. The van der Waals surface area contributed by atoms with Crippen LogP contribution in [0.2, 0.25) is 0 Å². The summed E-state index contributed by atoms with van der Waals surface area (Å²) in [6.45, 7) is 5.90. The molecule has 10 heteroatoms. The van der Waals surface area contributed by atoms with Gasteiger partial charge in [0.25, 0.3) is 0 Å². The summed E-state index contributed by atoms with van der Waals surface area (Å²) in [7, 11) is -2.25. The minimum Gasteiger partial charge on any atom is -0.401 e.